The van der Waals surface area contributed by atoms with Gasteiger partial charge >= 0.3 is 11.9 Å². The Morgan fingerprint density at radius 1 is 0.475 bits per heavy atom. The van der Waals surface area contributed by atoms with Gasteiger partial charge in [0, 0.05) is 31.6 Å². The molecule has 0 radical (unpaired) electrons. The fourth-order valence-corrected chi connectivity index (χ4v) is 6.96. The zero-order valence-corrected chi connectivity index (χ0v) is 38.4. The van der Waals surface area contributed by atoms with Crippen LogP contribution in [0.4, 0.5) is 0 Å². The maximum absolute atomic E-state index is 12.5. The van der Waals surface area contributed by atoms with E-state index in [1.165, 1.54) is 96.3 Å². The van der Waals surface area contributed by atoms with Gasteiger partial charge in [-0.05, 0) is 69.6 Å². The van der Waals surface area contributed by atoms with Crippen molar-refractivity contribution in [3.05, 3.63) is 23.8 Å². The van der Waals surface area contributed by atoms with Crippen molar-refractivity contribution in [3.8, 4) is 11.5 Å². The van der Waals surface area contributed by atoms with E-state index in [9.17, 15) is 14.7 Å². The quantitative estimate of drug-likeness (QED) is 0.0390. The molecule has 59 heavy (non-hydrogen) atoms. The third-order valence-corrected chi connectivity index (χ3v) is 10.8. The lowest BCUT2D eigenvalue weighted by atomic mass is 10.1. The highest BCUT2D eigenvalue weighted by molar-refractivity contribution is 5.69. The minimum absolute atomic E-state index is 0.0453. The standard InChI is InChI=1S/C50H90O9/c1-4-7-10-13-16-19-25-32-48(52)56-39-27-23-18-17-22-26-37-54-46-33-34-47(45(43-46)44-51)55-38-30-24-31-40-57-49(53)35-36-50(58-41-28-20-14-11-8-5-2)59-42-29-21-15-12-9-6-3/h33-34,43,50-51H,4-32,35-42,44H2,1-3H3. The number of rotatable bonds is 45. The minimum Gasteiger partial charge on any atom is -0.494 e. The number of aliphatic hydroxyl groups is 1. The zero-order chi connectivity index (χ0) is 42.7. The Morgan fingerprint density at radius 3 is 1.39 bits per heavy atom. The number of carbonyl (C=O) groups is 2. The molecule has 1 aromatic carbocycles. The molecule has 0 unspecified atom stereocenters. The molecule has 9 heteroatoms. The van der Waals surface area contributed by atoms with E-state index in [1.54, 1.807) is 0 Å². The van der Waals surface area contributed by atoms with Crippen molar-refractivity contribution < 1.29 is 43.1 Å². The Labute approximate surface area is 361 Å². The molecule has 0 fully saturated rings. The first-order valence-corrected chi connectivity index (χ1v) is 24.6. The number of ether oxygens (including phenoxy) is 6. The van der Waals surface area contributed by atoms with Gasteiger partial charge in [-0.1, -0.05) is 149 Å². The molecule has 1 aromatic rings. The molecule has 1 N–H and O–H groups in total. The number of aliphatic hydroxyl groups excluding tert-OH is 1. The lowest BCUT2D eigenvalue weighted by Crippen LogP contribution is -2.21. The monoisotopic (exact) mass is 835 g/mol. The van der Waals surface area contributed by atoms with E-state index in [2.05, 4.69) is 20.8 Å². The predicted octanol–water partition coefficient (Wildman–Crippen LogP) is 13.5. The molecular weight excluding hydrogens is 745 g/mol. The Bertz CT molecular complexity index is 1060. The van der Waals surface area contributed by atoms with Crippen molar-refractivity contribution in [2.24, 2.45) is 0 Å². The summed E-state index contributed by atoms with van der Waals surface area (Å²) in [6, 6.07) is 5.62. The zero-order valence-electron chi connectivity index (χ0n) is 38.4. The average molecular weight is 835 g/mol. The number of hydrogen-bond acceptors (Lipinski definition) is 9. The van der Waals surface area contributed by atoms with E-state index in [4.69, 9.17) is 28.4 Å². The normalized spacial score (nSPS) is 11.3. The van der Waals surface area contributed by atoms with Gasteiger partial charge < -0.3 is 33.5 Å². The van der Waals surface area contributed by atoms with E-state index in [0.717, 1.165) is 89.2 Å². The predicted molar refractivity (Wildman–Crippen MR) is 241 cm³/mol. The lowest BCUT2D eigenvalue weighted by Gasteiger charge is -2.18. The number of unbranched alkanes of at least 4 members (excludes halogenated alkanes) is 23. The third-order valence-electron chi connectivity index (χ3n) is 10.8. The van der Waals surface area contributed by atoms with Gasteiger partial charge in [-0.15, -0.1) is 0 Å². The molecular formula is C50H90O9. The summed E-state index contributed by atoms with van der Waals surface area (Å²) in [7, 11) is 0. The van der Waals surface area contributed by atoms with E-state index >= 15 is 0 Å². The number of benzene rings is 1. The summed E-state index contributed by atoms with van der Waals surface area (Å²) in [5.74, 6) is 1.16. The van der Waals surface area contributed by atoms with E-state index in [1.807, 2.05) is 18.2 Å². The lowest BCUT2D eigenvalue weighted by molar-refractivity contribution is -0.159. The molecule has 1 rings (SSSR count). The van der Waals surface area contributed by atoms with Crippen LogP contribution in [0.3, 0.4) is 0 Å². The van der Waals surface area contributed by atoms with Crippen molar-refractivity contribution in [1.29, 1.82) is 0 Å². The molecule has 0 aliphatic heterocycles. The highest BCUT2D eigenvalue weighted by Gasteiger charge is 2.14. The first-order chi connectivity index (χ1) is 29.0. The first-order valence-electron chi connectivity index (χ1n) is 24.6. The van der Waals surface area contributed by atoms with Crippen molar-refractivity contribution in [2.45, 2.75) is 233 Å². The van der Waals surface area contributed by atoms with Gasteiger partial charge in [0.25, 0.3) is 0 Å². The number of hydrogen-bond donors (Lipinski definition) is 1. The average Bonchev–Trinajstić information content (AvgIpc) is 3.24. The third kappa shape index (κ3) is 35.0. The smallest absolute Gasteiger partial charge is 0.305 e. The molecule has 0 saturated heterocycles. The van der Waals surface area contributed by atoms with Gasteiger partial charge in [0.2, 0.25) is 0 Å². The van der Waals surface area contributed by atoms with Gasteiger partial charge in [-0.3, -0.25) is 9.59 Å². The Hall–Kier alpha value is -2.36. The van der Waals surface area contributed by atoms with Crippen LogP contribution in [-0.4, -0.2) is 63.0 Å². The topological polar surface area (TPSA) is 110 Å². The Morgan fingerprint density at radius 2 is 0.881 bits per heavy atom. The maximum atomic E-state index is 12.5. The maximum Gasteiger partial charge on any atom is 0.305 e. The van der Waals surface area contributed by atoms with Crippen molar-refractivity contribution in [2.75, 3.05) is 39.6 Å². The Balaban J connectivity index is 2.14. The second-order valence-corrected chi connectivity index (χ2v) is 16.4. The van der Waals surface area contributed by atoms with Gasteiger partial charge in [0.1, 0.15) is 11.5 Å². The summed E-state index contributed by atoms with van der Waals surface area (Å²) in [4.78, 5) is 24.4. The fourth-order valence-electron chi connectivity index (χ4n) is 6.96. The van der Waals surface area contributed by atoms with Crippen LogP contribution in [0.2, 0.25) is 0 Å². The molecule has 0 bridgehead atoms. The molecule has 0 atom stereocenters. The molecule has 0 aliphatic carbocycles. The molecule has 0 spiro atoms. The molecule has 0 amide bonds. The summed E-state index contributed by atoms with van der Waals surface area (Å²) in [6.07, 6.45) is 32.9. The second-order valence-electron chi connectivity index (χ2n) is 16.4. The molecule has 344 valence electrons. The van der Waals surface area contributed by atoms with Crippen LogP contribution >= 0.6 is 0 Å². The SMILES string of the molecule is CCCCCCCCCC(=O)OCCCCCCCCOc1ccc(OCCCCCOC(=O)CCC(OCCCCCCCC)OCCCCCCCC)c(CO)c1. The van der Waals surface area contributed by atoms with Gasteiger partial charge in [0.15, 0.2) is 6.29 Å². The van der Waals surface area contributed by atoms with Crippen LogP contribution in [-0.2, 0) is 35.1 Å². The van der Waals surface area contributed by atoms with E-state index in [0.29, 0.717) is 70.2 Å². The van der Waals surface area contributed by atoms with Crippen LogP contribution in [0.1, 0.15) is 225 Å². The molecule has 0 aromatic heterocycles. The minimum atomic E-state index is -0.350. The van der Waals surface area contributed by atoms with Crippen LogP contribution in [0, 0.1) is 0 Å². The van der Waals surface area contributed by atoms with E-state index in [-0.39, 0.29) is 24.8 Å². The highest BCUT2D eigenvalue weighted by Crippen LogP contribution is 2.25. The summed E-state index contributed by atoms with van der Waals surface area (Å²) in [5.41, 5.74) is 0.713. The molecule has 0 aliphatic rings. The second kappa shape index (κ2) is 42.3. The van der Waals surface area contributed by atoms with Crippen LogP contribution in [0.25, 0.3) is 0 Å². The van der Waals surface area contributed by atoms with Crippen LogP contribution in [0.5, 0.6) is 11.5 Å². The largest absolute Gasteiger partial charge is 0.494 e. The molecule has 0 saturated carbocycles. The molecule has 0 heterocycles. The summed E-state index contributed by atoms with van der Waals surface area (Å²) >= 11 is 0. The Kier molecular flexibility index (Phi) is 39.2. The van der Waals surface area contributed by atoms with Crippen LogP contribution < -0.4 is 9.47 Å². The van der Waals surface area contributed by atoms with Gasteiger partial charge in [-0.25, -0.2) is 0 Å². The van der Waals surface area contributed by atoms with Gasteiger partial charge in [-0.2, -0.15) is 0 Å². The number of esters is 2. The fraction of sp³-hybridized carbons (Fsp3) is 0.840. The summed E-state index contributed by atoms with van der Waals surface area (Å²) < 4.78 is 35.0. The summed E-state index contributed by atoms with van der Waals surface area (Å²) in [5, 5.41) is 9.94. The first kappa shape index (κ1) is 54.7. The van der Waals surface area contributed by atoms with Crippen molar-refractivity contribution >= 4 is 11.9 Å². The van der Waals surface area contributed by atoms with E-state index < -0.39 is 0 Å². The van der Waals surface area contributed by atoms with Crippen LogP contribution in [0.15, 0.2) is 18.2 Å². The van der Waals surface area contributed by atoms with Gasteiger partial charge in [0.05, 0.1) is 39.5 Å². The highest BCUT2D eigenvalue weighted by atomic mass is 16.7. The number of carbonyl (C=O) groups excluding carboxylic acids is 2. The summed E-state index contributed by atoms with van der Waals surface area (Å²) in [6.45, 7) is 10.0. The van der Waals surface area contributed by atoms with Crippen molar-refractivity contribution in [3.63, 3.8) is 0 Å². The molecule has 9 nitrogen and oxygen atoms in total. The van der Waals surface area contributed by atoms with Crippen molar-refractivity contribution in [1.82, 2.24) is 0 Å².